The quantitative estimate of drug-likeness (QED) is 0.260. The molecule has 0 radical (unpaired) electrons. The summed E-state index contributed by atoms with van der Waals surface area (Å²) in [5.74, 6) is 1.96. The highest BCUT2D eigenvalue weighted by atomic mass is 32.5. The van der Waals surface area contributed by atoms with Gasteiger partial charge in [-0.1, -0.05) is 49.8 Å². The van der Waals surface area contributed by atoms with Crippen LogP contribution in [-0.4, -0.2) is 14.2 Å². The van der Waals surface area contributed by atoms with E-state index in [9.17, 15) is 19.4 Å². The lowest BCUT2D eigenvalue weighted by Crippen LogP contribution is -2.05. The van der Waals surface area contributed by atoms with Crippen molar-refractivity contribution in [2.24, 2.45) is 0 Å². The van der Waals surface area contributed by atoms with E-state index in [-0.39, 0.29) is 0 Å². The Morgan fingerprint density at radius 3 is 1.73 bits per heavy atom. The third-order valence-electron chi connectivity index (χ3n) is 4.34. The number of thioether (sulfide) groups is 1. The van der Waals surface area contributed by atoms with Gasteiger partial charge >= 0.3 is 10.2 Å². The molecule has 0 saturated carbocycles. The smallest absolute Gasteiger partial charge is 0.310 e. The first-order chi connectivity index (χ1) is 13.9. The minimum atomic E-state index is -9.65. The normalized spacial score (nSPS) is 14.0. The van der Waals surface area contributed by atoms with Crippen molar-refractivity contribution >= 4 is 22.0 Å². The lowest BCUT2D eigenvalue weighted by molar-refractivity contribution is 0.354. The number of ether oxygens (including phenoxy) is 2. The maximum atomic E-state index is 12.8. The molecule has 0 spiro atoms. The van der Waals surface area contributed by atoms with Gasteiger partial charge < -0.3 is 9.47 Å². The molecule has 9 heteroatoms. The van der Waals surface area contributed by atoms with Crippen molar-refractivity contribution in [1.82, 2.24) is 0 Å². The van der Waals surface area contributed by atoms with E-state index in [2.05, 4.69) is 0 Å². The second kappa shape index (κ2) is 7.39. The van der Waals surface area contributed by atoms with E-state index >= 15 is 0 Å². The molecule has 0 amide bonds. The van der Waals surface area contributed by atoms with Crippen molar-refractivity contribution < 1.29 is 28.9 Å². The molecule has 3 rings (SSSR count). The lowest BCUT2D eigenvalue weighted by Gasteiger charge is -2.40. The number of halogens is 5. The molecule has 30 heavy (non-hydrogen) atoms. The molecule has 0 unspecified atom stereocenters. The van der Waals surface area contributed by atoms with Gasteiger partial charge in [0.1, 0.15) is 4.90 Å². The van der Waals surface area contributed by atoms with Gasteiger partial charge in [-0.15, -0.1) is 11.8 Å². The molecule has 0 fully saturated rings. The molecule has 0 aliphatic rings. The Kier molecular flexibility index (Phi) is 5.49. The predicted octanol–water partition coefficient (Wildman–Crippen LogP) is 8.32. The van der Waals surface area contributed by atoms with Gasteiger partial charge in [0.05, 0.1) is 14.2 Å². The second-order valence-corrected chi connectivity index (χ2v) is 9.95. The first kappa shape index (κ1) is 22.3. The van der Waals surface area contributed by atoms with Crippen molar-refractivity contribution in [1.29, 1.82) is 0 Å². The maximum absolute atomic E-state index is 12.8. The first-order valence-corrected chi connectivity index (χ1v) is 11.6. The highest BCUT2D eigenvalue weighted by Crippen LogP contribution is 3.02. The molecule has 3 aromatic rings. The average Bonchev–Trinajstić information content (AvgIpc) is 2.71. The van der Waals surface area contributed by atoms with Gasteiger partial charge in [-0.05, 0) is 53.1 Å². The summed E-state index contributed by atoms with van der Waals surface area (Å²) in [6.45, 7) is 0. The van der Waals surface area contributed by atoms with Gasteiger partial charge in [-0.25, -0.2) is 0 Å². The molecule has 2 nitrogen and oxygen atoms in total. The number of methoxy groups -OCH3 is 2. The summed E-state index contributed by atoms with van der Waals surface area (Å²) >= 11 is 1.58. The monoisotopic (exact) mass is 462 g/mol. The fourth-order valence-electron chi connectivity index (χ4n) is 2.79. The van der Waals surface area contributed by atoms with E-state index in [4.69, 9.17) is 9.47 Å². The number of hydrogen-bond acceptors (Lipinski definition) is 3. The summed E-state index contributed by atoms with van der Waals surface area (Å²) in [4.78, 5) is -0.932. The van der Waals surface area contributed by atoms with Crippen LogP contribution in [0.3, 0.4) is 0 Å². The van der Waals surface area contributed by atoms with Crippen LogP contribution in [0.2, 0.25) is 0 Å². The van der Waals surface area contributed by atoms with Crippen molar-refractivity contribution in [3.05, 3.63) is 72.3 Å². The van der Waals surface area contributed by atoms with Gasteiger partial charge in [0.15, 0.2) is 11.5 Å². The summed E-state index contributed by atoms with van der Waals surface area (Å²) in [6.07, 6.45) is 0. The molecule has 162 valence electrons. The maximum Gasteiger partial charge on any atom is 0.310 e. The Bertz CT molecular complexity index is 1030. The molecular formula is C21H19F5O2S2. The van der Waals surface area contributed by atoms with Crippen molar-refractivity contribution in [2.75, 3.05) is 14.2 Å². The fraction of sp³-hybridized carbons (Fsp3) is 0.143. The van der Waals surface area contributed by atoms with Crippen LogP contribution in [0.4, 0.5) is 19.4 Å². The topological polar surface area (TPSA) is 18.5 Å². The zero-order chi connectivity index (χ0) is 22.1. The number of rotatable bonds is 7. The number of hydrogen-bond donors (Lipinski definition) is 0. The molecule has 0 heterocycles. The van der Waals surface area contributed by atoms with E-state index in [1.54, 1.807) is 38.1 Å². The van der Waals surface area contributed by atoms with Crippen LogP contribution in [0, 0.1) is 0 Å². The van der Waals surface area contributed by atoms with Gasteiger partial charge in [-0.2, -0.15) is 0 Å². The summed E-state index contributed by atoms with van der Waals surface area (Å²) in [5, 5.41) is 0. The molecule has 0 saturated heterocycles. The Morgan fingerprint density at radius 1 is 0.700 bits per heavy atom. The highest BCUT2D eigenvalue weighted by Gasteiger charge is 2.65. The fourth-order valence-corrected chi connectivity index (χ4v) is 4.28. The zero-order valence-electron chi connectivity index (χ0n) is 16.1. The zero-order valence-corrected chi connectivity index (χ0v) is 17.7. The summed E-state index contributed by atoms with van der Waals surface area (Å²) in [5.41, 5.74) is 2.10. The Morgan fingerprint density at radius 2 is 1.23 bits per heavy atom. The van der Waals surface area contributed by atoms with Gasteiger partial charge in [0.2, 0.25) is 0 Å². The summed E-state index contributed by atoms with van der Waals surface area (Å²) < 4.78 is 74.7. The molecular weight excluding hydrogens is 443 g/mol. The van der Waals surface area contributed by atoms with Crippen LogP contribution in [0.1, 0.15) is 5.56 Å². The highest BCUT2D eigenvalue weighted by molar-refractivity contribution is 8.45. The molecule has 0 atom stereocenters. The van der Waals surface area contributed by atoms with Crippen LogP contribution in [0.25, 0.3) is 11.1 Å². The van der Waals surface area contributed by atoms with E-state index in [0.29, 0.717) is 40.5 Å². The minimum Gasteiger partial charge on any atom is -0.493 e. The average molecular weight is 463 g/mol. The SMILES string of the molecule is COc1ccc(CSc2ccc(-c3ccc(S(F)(F)(F)(F)F)cc3)cc2)cc1OC. The van der Waals surface area contributed by atoms with Gasteiger partial charge in [0, 0.05) is 10.6 Å². The summed E-state index contributed by atoms with van der Waals surface area (Å²) in [7, 11) is -6.52. The largest absolute Gasteiger partial charge is 0.493 e. The Hall–Kier alpha value is -2.39. The third-order valence-corrected chi connectivity index (χ3v) is 6.59. The second-order valence-electron chi connectivity index (χ2n) is 6.50. The van der Waals surface area contributed by atoms with Crippen LogP contribution >= 0.6 is 22.0 Å². The van der Waals surface area contributed by atoms with Gasteiger partial charge in [-0.3, -0.25) is 0 Å². The molecule has 3 aromatic carbocycles. The van der Waals surface area contributed by atoms with Crippen LogP contribution in [0.15, 0.2) is 76.5 Å². The molecule has 0 aliphatic carbocycles. The predicted molar refractivity (Wildman–Crippen MR) is 112 cm³/mol. The minimum absolute atomic E-state index is 0.427. The van der Waals surface area contributed by atoms with Crippen molar-refractivity contribution in [3.63, 3.8) is 0 Å². The lowest BCUT2D eigenvalue weighted by atomic mass is 10.1. The van der Waals surface area contributed by atoms with E-state index < -0.39 is 15.1 Å². The standard InChI is InChI=1S/C21H19F5O2S2/c1-27-20-12-3-15(13-21(20)28-2)14-29-18-8-4-16(5-9-18)17-6-10-19(11-7-17)30(22,23,24,25)26/h3-13H,14H2,1-2H3. The first-order valence-electron chi connectivity index (χ1n) is 8.68. The molecule has 0 N–H and O–H groups in total. The van der Waals surface area contributed by atoms with Crippen LogP contribution in [0.5, 0.6) is 11.5 Å². The van der Waals surface area contributed by atoms with Gasteiger partial charge in [0.25, 0.3) is 0 Å². The molecule has 0 aromatic heterocycles. The number of benzene rings is 3. The third kappa shape index (κ3) is 5.40. The molecule has 0 aliphatic heterocycles. The van der Waals surface area contributed by atoms with Crippen LogP contribution in [-0.2, 0) is 5.75 Å². The van der Waals surface area contributed by atoms with Crippen molar-refractivity contribution in [3.8, 4) is 22.6 Å². The van der Waals surface area contributed by atoms with Crippen LogP contribution < -0.4 is 9.47 Å². The molecule has 0 bridgehead atoms. The van der Waals surface area contributed by atoms with E-state index in [1.165, 1.54) is 0 Å². The van der Waals surface area contributed by atoms with Crippen molar-refractivity contribution in [2.45, 2.75) is 15.5 Å². The van der Waals surface area contributed by atoms with E-state index in [0.717, 1.165) is 22.6 Å². The Balaban J connectivity index is 1.70. The van der Waals surface area contributed by atoms with E-state index in [1.807, 2.05) is 30.3 Å². The summed E-state index contributed by atoms with van der Waals surface area (Å²) in [6, 6.07) is 15.8. The Labute approximate surface area is 175 Å².